The zero-order valence-electron chi connectivity index (χ0n) is 9.01. The normalized spacial score (nSPS) is 7.92. The summed E-state index contributed by atoms with van der Waals surface area (Å²) in [5.74, 6) is -0.682. The van der Waals surface area contributed by atoms with Gasteiger partial charge < -0.3 is 12.0 Å². The SMILES string of the molecule is CCCCCC(=O)O.[CH2-]CCC.[Mg+2]. The Balaban J connectivity index is -0.000000173. The maximum Gasteiger partial charge on any atom is 2.00 e. The summed E-state index contributed by atoms with van der Waals surface area (Å²) in [5.41, 5.74) is 0. The van der Waals surface area contributed by atoms with Gasteiger partial charge in [-0.1, -0.05) is 33.1 Å². The summed E-state index contributed by atoms with van der Waals surface area (Å²) in [4.78, 5) is 9.87. The van der Waals surface area contributed by atoms with Crippen LogP contribution < -0.4 is 0 Å². The summed E-state index contributed by atoms with van der Waals surface area (Å²) in [7, 11) is 0. The number of carboxylic acids is 1. The molecule has 74 valence electrons. The molecule has 3 heteroatoms. The fourth-order valence-electron chi connectivity index (χ4n) is 0.526. The largest absolute Gasteiger partial charge is 2.00 e. The van der Waals surface area contributed by atoms with E-state index in [1.165, 1.54) is 6.42 Å². The molecule has 0 atom stereocenters. The van der Waals surface area contributed by atoms with Crippen molar-refractivity contribution in [2.45, 2.75) is 52.4 Å². The van der Waals surface area contributed by atoms with Crippen LogP contribution in [-0.4, -0.2) is 34.1 Å². The van der Waals surface area contributed by atoms with Crippen LogP contribution in [0.15, 0.2) is 0 Å². The van der Waals surface area contributed by atoms with Crippen molar-refractivity contribution >= 4 is 29.0 Å². The van der Waals surface area contributed by atoms with Gasteiger partial charge in [0.05, 0.1) is 0 Å². The molecule has 0 aromatic rings. The van der Waals surface area contributed by atoms with Gasteiger partial charge in [-0.25, -0.2) is 0 Å². The molecule has 2 nitrogen and oxygen atoms in total. The van der Waals surface area contributed by atoms with Crippen LogP contribution in [0.4, 0.5) is 0 Å². The maximum absolute atomic E-state index is 9.87. The molecule has 0 heterocycles. The van der Waals surface area contributed by atoms with Crippen LogP contribution in [-0.2, 0) is 4.79 Å². The minimum atomic E-state index is -0.682. The third kappa shape index (κ3) is 33.0. The predicted molar refractivity (Wildman–Crippen MR) is 57.8 cm³/mol. The van der Waals surface area contributed by atoms with E-state index in [-0.39, 0.29) is 23.1 Å². The Kier molecular flexibility index (Phi) is 26.3. The third-order valence-electron chi connectivity index (χ3n) is 1.35. The molecule has 0 radical (unpaired) electrons. The molecule has 0 aromatic carbocycles. The van der Waals surface area contributed by atoms with E-state index in [0.717, 1.165) is 25.7 Å². The Morgan fingerprint density at radius 2 is 1.69 bits per heavy atom. The van der Waals surface area contributed by atoms with Crippen LogP contribution >= 0.6 is 0 Å². The van der Waals surface area contributed by atoms with Crippen LogP contribution in [0.3, 0.4) is 0 Å². The van der Waals surface area contributed by atoms with E-state index in [9.17, 15) is 4.79 Å². The minimum Gasteiger partial charge on any atom is -0.481 e. The van der Waals surface area contributed by atoms with Gasteiger partial charge >= 0.3 is 29.0 Å². The van der Waals surface area contributed by atoms with E-state index in [0.29, 0.717) is 6.42 Å². The molecule has 0 saturated carbocycles. The van der Waals surface area contributed by atoms with Crippen molar-refractivity contribution in [2.24, 2.45) is 0 Å². The number of unbranched alkanes of at least 4 members (excludes halogenated alkanes) is 3. The number of hydrogen-bond donors (Lipinski definition) is 1. The maximum atomic E-state index is 9.87. The van der Waals surface area contributed by atoms with Gasteiger partial charge in [0.15, 0.2) is 0 Å². The average Bonchev–Trinajstić information content (AvgIpc) is 2.05. The molecule has 0 amide bonds. The van der Waals surface area contributed by atoms with Crippen LogP contribution in [0.1, 0.15) is 52.4 Å². The molecule has 0 rings (SSSR count). The van der Waals surface area contributed by atoms with E-state index in [1.807, 2.05) is 0 Å². The number of carbonyl (C=O) groups is 1. The Bertz CT molecular complexity index is 92.9. The second-order valence-electron chi connectivity index (χ2n) is 2.70. The molecule has 13 heavy (non-hydrogen) atoms. The predicted octanol–water partition coefficient (Wildman–Crippen LogP) is 2.89. The summed E-state index contributed by atoms with van der Waals surface area (Å²) >= 11 is 0. The molecule has 0 aromatic heterocycles. The standard InChI is InChI=1S/C6H12O2.C4H9.Mg/c1-2-3-4-5-6(7)8;1-3-4-2;/h2-5H2,1H3,(H,7,8);1,3-4H2,2H3;/q;-1;+2. The van der Waals surface area contributed by atoms with Crippen molar-refractivity contribution < 1.29 is 9.90 Å². The molecule has 0 aliphatic rings. The van der Waals surface area contributed by atoms with E-state index in [4.69, 9.17) is 5.11 Å². The van der Waals surface area contributed by atoms with Gasteiger partial charge in [-0.3, -0.25) is 4.79 Å². The van der Waals surface area contributed by atoms with Gasteiger partial charge in [0.1, 0.15) is 0 Å². The quantitative estimate of drug-likeness (QED) is 0.418. The Hall–Kier alpha value is 0.236. The number of aliphatic carboxylic acids is 1. The van der Waals surface area contributed by atoms with E-state index < -0.39 is 5.97 Å². The van der Waals surface area contributed by atoms with Gasteiger partial charge in [-0.15, -0.1) is 0 Å². The van der Waals surface area contributed by atoms with E-state index >= 15 is 0 Å². The van der Waals surface area contributed by atoms with Crippen LogP contribution in [0.25, 0.3) is 0 Å². The first kappa shape index (κ1) is 18.9. The van der Waals surface area contributed by atoms with Crippen molar-refractivity contribution in [1.29, 1.82) is 0 Å². The molecular weight excluding hydrogens is 176 g/mol. The Morgan fingerprint density at radius 3 is 1.92 bits per heavy atom. The second-order valence-corrected chi connectivity index (χ2v) is 2.70. The van der Waals surface area contributed by atoms with Gasteiger partial charge in [-0.05, 0) is 6.42 Å². The summed E-state index contributed by atoms with van der Waals surface area (Å²) < 4.78 is 0. The van der Waals surface area contributed by atoms with Crippen molar-refractivity contribution in [3.8, 4) is 0 Å². The second kappa shape index (κ2) is 18.1. The van der Waals surface area contributed by atoms with Crippen molar-refractivity contribution in [2.75, 3.05) is 0 Å². The topological polar surface area (TPSA) is 37.3 Å². The number of rotatable bonds is 5. The molecule has 0 saturated heterocycles. The Morgan fingerprint density at radius 1 is 1.23 bits per heavy atom. The van der Waals surface area contributed by atoms with Crippen molar-refractivity contribution in [3.05, 3.63) is 6.92 Å². The summed E-state index contributed by atoms with van der Waals surface area (Å²) in [6.45, 7) is 7.78. The van der Waals surface area contributed by atoms with Crippen molar-refractivity contribution in [3.63, 3.8) is 0 Å². The van der Waals surface area contributed by atoms with Gasteiger partial charge in [-0.2, -0.15) is 6.42 Å². The van der Waals surface area contributed by atoms with Gasteiger partial charge in [0.25, 0.3) is 0 Å². The smallest absolute Gasteiger partial charge is 0.481 e. The first-order valence-electron chi connectivity index (χ1n) is 4.70. The van der Waals surface area contributed by atoms with Crippen molar-refractivity contribution in [1.82, 2.24) is 0 Å². The first-order valence-corrected chi connectivity index (χ1v) is 4.70. The Labute approximate surface area is 98.3 Å². The van der Waals surface area contributed by atoms with Crippen LogP contribution in [0.5, 0.6) is 0 Å². The summed E-state index contributed by atoms with van der Waals surface area (Å²) in [6.07, 6.45) is 5.55. The minimum absolute atomic E-state index is 0. The number of hydrogen-bond acceptors (Lipinski definition) is 1. The summed E-state index contributed by atoms with van der Waals surface area (Å²) in [6, 6.07) is 0. The average molecular weight is 198 g/mol. The van der Waals surface area contributed by atoms with Crippen LogP contribution in [0.2, 0.25) is 0 Å². The molecule has 0 aliphatic heterocycles. The number of carboxylic acid groups (broad SMARTS) is 1. The molecule has 0 bridgehead atoms. The molecular formula is C10H21MgO2+. The third-order valence-corrected chi connectivity index (χ3v) is 1.35. The fraction of sp³-hybridized carbons (Fsp3) is 0.800. The molecule has 1 N–H and O–H groups in total. The molecule has 0 unspecified atom stereocenters. The molecule has 0 spiro atoms. The zero-order valence-corrected chi connectivity index (χ0v) is 10.4. The van der Waals surface area contributed by atoms with E-state index in [1.54, 1.807) is 0 Å². The molecule has 0 aliphatic carbocycles. The molecule has 0 fully saturated rings. The first-order chi connectivity index (χ1) is 5.68. The van der Waals surface area contributed by atoms with E-state index in [2.05, 4.69) is 20.8 Å². The van der Waals surface area contributed by atoms with Gasteiger partial charge in [0.2, 0.25) is 0 Å². The monoisotopic (exact) mass is 197 g/mol. The fourth-order valence-corrected chi connectivity index (χ4v) is 0.526. The van der Waals surface area contributed by atoms with Crippen LogP contribution in [0, 0.1) is 6.92 Å². The zero-order chi connectivity index (χ0) is 9.82. The van der Waals surface area contributed by atoms with Gasteiger partial charge in [0, 0.05) is 6.42 Å². The summed E-state index contributed by atoms with van der Waals surface area (Å²) in [5, 5.41) is 8.14.